The summed E-state index contributed by atoms with van der Waals surface area (Å²) in [4.78, 5) is 0. The minimum Gasteiger partial charge on any atom is -0.330 e. The molecule has 1 heterocycles. The Balaban J connectivity index is 2.14. The van der Waals surface area contributed by atoms with E-state index in [0.717, 1.165) is 24.0 Å². The second-order valence-electron chi connectivity index (χ2n) is 5.59. The van der Waals surface area contributed by atoms with Gasteiger partial charge in [0.1, 0.15) is 0 Å². The lowest BCUT2D eigenvalue weighted by atomic mass is 10.0. The van der Waals surface area contributed by atoms with Gasteiger partial charge >= 0.3 is 10.2 Å². The highest BCUT2D eigenvalue weighted by Crippen LogP contribution is 2.21. The minimum atomic E-state index is -3.49. The second-order valence-corrected chi connectivity index (χ2v) is 7.26. The fourth-order valence-corrected chi connectivity index (χ4v) is 4.01. The summed E-state index contributed by atoms with van der Waals surface area (Å²) in [7, 11) is -3.49. The maximum atomic E-state index is 12.4. The molecule has 1 aromatic carbocycles. The number of piperidine rings is 1. The molecule has 2 rings (SSSR count). The average molecular weight is 297 g/mol. The lowest BCUT2D eigenvalue weighted by Crippen LogP contribution is -2.44. The summed E-state index contributed by atoms with van der Waals surface area (Å²) < 4.78 is 29.0. The van der Waals surface area contributed by atoms with Gasteiger partial charge in [-0.1, -0.05) is 6.07 Å². The number of rotatable bonds is 4. The number of nitrogens with zero attached hydrogens (tertiary/aromatic N) is 1. The molecule has 1 atom stereocenters. The van der Waals surface area contributed by atoms with Gasteiger partial charge in [0.25, 0.3) is 0 Å². The summed E-state index contributed by atoms with van der Waals surface area (Å²) in [5.74, 6) is 0.263. The van der Waals surface area contributed by atoms with E-state index in [-0.39, 0.29) is 5.92 Å². The molecule has 0 saturated carbocycles. The van der Waals surface area contributed by atoms with Crippen molar-refractivity contribution in [3.05, 3.63) is 29.3 Å². The highest BCUT2D eigenvalue weighted by atomic mass is 32.2. The minimum absolute atomic E-state index is 0.263. The van der Waals surface area contributed by atoms with E-state index in [1.165, 1.54) is 4.31 Å². The molecular formula is C14H23N3O2S. The van der Waals surface area contributed by atoms with Crippen LogP contribution in [0.1, 0.15) is 24.0 Å². The van der Waals surface area contributed by atoms with Gasteiger partial charge in [0.2, 0.25) is 0 Å². The van der Waals surface area contributed by atoms with Crippen LogP contribution in [0.25, 0.3) is 0 Å². The van der Waals surface area contributed by atoms with Crippen LogP contribution < -0.4 is 10.5 Å². The van der Waals surface area contributed by atoms with Gasteiger partial charge in [0, 0.05) is 13.1 Å². The first-order valence-electron chi connectivity index (χ1n) is 6.97. The fourth-order valence-electron chi connectivity index (χ4n) is 2.68. The molecule has 6 heteroatoms. The van der Waals surface area contributed by atoms with Crippen LogP contribution in [-0.2, 0) is 10.2 Å². The standard InChI is InChI=1S/C14H23N3O2S/c1-11-6-12(2)8-14(7-11)16-20(18,19)17-5-3-4-13(9-15)10-17/h6-8,13,16H,3-5,9-10,15H2,1-2H3. The van der Waals surface area contributed by atoms with E-state index in [2.05, 4.69) is 4.72 Å². The molecule has 1 aliphatic heterocycles. The van der Waals surface area contributed by atoms with Crippen molar-refractivity contribution in [1.82, 2.24) is 4.31 Å². The normalized spacial score (nSPS) is 20.9. The molecule has 1 saturated heterocycles. The lowest BCUT2D eigenvalue weighted by Gasteiger charge is -2.31. The number of benzene rings is 1. The Kier molecular flexibility index (Phi) is 4.67. The Morgan fingerprint density at radius 2 is 1.95 bits per heavy atom. The number of nitrogens with two attached hydrogens (primary N) is 1. The third-order valence-electron chi connectivity index (χ3n) is 3.62. The van der Waals surface area contributed by atoms with Crippen molar-refractivity contribution in [1.29, 1.82) is 0 Å². The molecule has 1 unspecified atom stereocenters. The maximum Gasteiger partial charge on any atom is 0.301 e. The molecule has 0 bridgehead atoms. The SMILES string of the molecule is Cc1cc(C)cc(NS(=O)(=O)N2CCCC(CN)C2)c1. The molecule has 112 valence electrons. The quantitative estimate of drug-likeness (QED) is 0.887. The van der Waals surface area contributed by atoms with Crippen molar-refractivity contribution >= 4 is 15.9 Å². The molecule has 20 heavy (non-hydrogen) atoms. The molecule has 1 aromatic rings. The van der Waals surface area contributed by atoms with Crippen molar-refractivity contribution in [3.8, 4) is 0 Å². The van der Waals surface area contributed by atoms with E-state index in [0.29, 0.717) is 25.3 Å². The van der Waals surface area contributed by atoms with Crippen molar-refractivity contribution in [2.75, 3.05) is 24.4 Å². The molecule has 3 N–H and O–H groups in total. The van der Waals surface area contributed by atoms with Crippen LogP contribution in [0.2, 0.25) is 0 Å². The van der Waals surface area contributed by atoms with Crippen molar-refractivity contribution in [3.63, 3.8) is 0 Å². The van der Waals surface area contributed by atoms with Gasteiger partial charge in [-0.15, -0.1) is 0 Å². The predicted molar refractivity (Wildman–Crippen MR) is 81.8 cm³/mol. The van der Waals surface area contributed by atoms with Crippen LogP contribution >= 0.6 is 0 Å². The highest BCUT2D eigenvalue weighted by Gasteiger charge is 2.28. The van der Waals surface area contributed by atoms with Gasteiger partial charge in [-0.2, -0.15) is 12.7 Å². The van der Waals surface area contributed by atoms with Gasteiger partial charge in [0.15, 0.2) is 0 Å². The summed E-state index contributed by atoms with van der Waals surface area (Å²) in [5.41, 5.74) is 8.37. The predicted octanol–water partition coefficient (Wildman–Crippen LogP) is 1.63. The molecule has 1 aliphatic rings. The van der Waals surface area contributed by atoms with Crippen LogP contribution in [0.4, 0.5) is 5.69 Å². The van der Waals surface area contributed by atoms with Gasteiger partial charge in [-0.05, 0) is 62.4 Å². The molecule has 0 radical (unpaired) electrons. The van der Waals surface area contributed by atoms with Crippen LogP contribution in [0.3, 0.4) is 0 Å². The largest absolute Gasteiger partial charge is 0.330 e. The molecule has 5 nitrogen and oxygen atoms in total. The summed E-state index contributed by atoms with van der Waals surface area (Å²) in [6.45, 7) is 5.52. The summed E-state index contributed by atoms with van der Waals surface area (Å²) in [6, 6.07) is 5.70. The smallest absolute Gasteiger partial charge is 0.301 e. The zero-order valence-electron chi connectivity index (χ0n) is 12.1. The molecule has 0 aromatic heterocycles. The van der Waals surface area contributed by atoms with E-state index < -0.39 is 10.2 Å². The van der Waals surface area contributed by atoms with Crippen molar-refractivity contribution < 1.29 is 8.42 Å². The zero-order valence-corrected chi connectivity index (χ0v) is 12.9. The van der Waals surface area contributed by atoms with Crippen LogP contribution in [0.5, 0.6) is 0 Å². The fraction of sp³-hybridized carbons (Fsp3) is 0.571. The van der Waals surface area contributed by atoms with Gasteiger partial charge in [-0.25, -0.2) is 0 Å². The summed E-state index contributed by atoms with van der Waals surface area (Å²) >= 11 is 0. The average Bonchev–Trinajstić information content (AvgIpc) is 2.37. The zero-order chi connectivity index (χ0) is 14.8. The van der Waals surface area contributed by atoms with E-state index >= 15 is 0 Å². The van der Waals surface area contributed by atoms with E-state index in [4.69, 9.17) is 5.73 Å². The third-order valence-corrected chi connectivity index (χ3v) is 5.13. The Morgan fingerprint density at radius 3 is 2.55 bits per heavy atom. The number of anilines is 1. The first-order chi connectivity index (χ1) is 9.40. The number of hydrogen-bond donors (Lipinski definition) is 2. The van der Waals surface area contributed by atoms with E-state index in [1.807, 2.05) is 32.0 Å². The van der Waals surface area contributed by atoms with Gasteiger partial charge < -0.3 is 5.73 Å². The van der Waals surface area contributed by atoms with Gasteiger partial charge in [0.05, 0.1) is 5.69 Å². The number of nitrogens with one attached hydrogen (secondary N) is 1. The first kappa shape index (κ1) is 15.3. The highest BCUT2D eigenvalue weighted by molar-refractivity contribution is 7.90. The Hall–Kier alpha value is -1.11. The molecule has 0 amide bonds. The summed E-state index contributed by atoms with van der Waals surface area (Å²) in [5, 5.41) is 0. The Morgan fingerprint density at radius 1 is 1.30 bits per heavy atom. The van der Waals surface area contributed by atoms with E-state index in [1.54, 1.807) is 0 Å². The first-order valence-corrected chi connectivity index (χ1v) is 8.41. The molecular weight excluding hydrogens is 274 g/mol. The second kappa shape index (κ2) is 6.11. The topological polar surface area (TPSA) is 75.4 Å². The number of hydrogen-bond acceptors (Lipinski definition) is 3. The molecule has 1 fully saturated rings. The molecule has 0 aliphatic carbocycles. The summed E-state index contributed by atoms with van der Waals surface area (Å²) in [6.07, 6.45) is 1.88. The monoisotopic (exact) mass is 297 g/mol. The van der Waals surface area contributed by atoms with Crippen LogP contribution in [-0.4, -0.2) is 32.4 Å². The molecule has 0 spiro atoms. The third kappa shape index (κ3) is 3.71. The number of aryl methyl sites for hydroxylation is 2. The lowest BCUT2D eigenvalue weighted by molar-refractivity contribution is 0.273. The van der Waals surface area contributed by atoms with Crippen LogP contribution in [0.15, 0.2) is 18.2 Å². The maximum absolute atomic E-state index is 12.4. The van der Waals surface area contributed by atoms with Crippen molar-refractivity contribution in [2.45, 2.75) is 26.7 Å². The van der Waals surface area contributed by atoms with Crippen LogP contribution in [0, 0.1) is 19.8 Å². The Bertz CT molecular complexity index is 552. The van der Waals surface area contributed by atoms with E-state index in [9.17, 15) is 8.42 Å². The van der Waals surface area contributed by atoms with Gasteiger partial charge in [-0.3, -0.25) is 4.72 Å². The van der Waals surface area contributed by atoms with Crippen molar-refractivity contribution in [2.24, 2.45) is 11.7 Å². The Labute approximate surface area is 121 Å².